The molecule has 0 spiro atoms. The maximum Gasteiger partial charge on any atom is 0.317 e. The molecule has 2 aliphatic carbocycles. The Balaban J connectivity index is 0.000000191. The number of aromatic amines is 1. The Kier molecular flexibility index (Phi) is 16.8. The Hall–Kier alpha value is -7.51. The average molecular weight is 1090 g/mol. The third-order valence-electron chi connectivity index (χ3n) is 13.9. The molecule has 4 amide bonds. The molecule has 4 aliphatic rings. The van der Waals surface area contributed by atoms with Gasteiger partial charge in [-0.05, 0) is 82.6 Å². The van der Waals surface area contributed by atoms with E-state index in [1.165, 1.54) is 24.4 Å². The van der Waals surface area contributed by atoms with Crippen LogP contribution in [0.3, 0.4) is 0 Å². The number of carbonyl (C=O) groups is 2. The molecule has 6 aromatic heterocycles. The zero-order chi connectivity index (χ0) is 52.9. The van der Waals surface area contributed by atoms with Crippen LogP contribution in [0.15, 0.2) is 78.5 Å². The molecule has 25 heteroatoms. The van der Waals surface area contributed by atoms with E-state index < -0.39 is 33.3 Å². The SMILES string of the molecule is C.Cc1ccc(S(=O)(=O)n2cc(-c3ncc(F)c(NC4CCC[C@@H](NC(=O)N5CCOCC5)C4)n3)c3cc(F)cnc32)cc1.O=C(N[C@@H]1CCCC(Nc2nc(-c3c[nH]c4ncc(F)cc34)ncc2F)C1)N1CCOCC1. The van der Waals surface area contributed by atoms with E-state index in [-0.39, 0.29) is 88.4 Å². The number of hydrogen-bond acceptors (Lipinski definition) is 14. The fraction of sp³-hybridized carbons (Fsp3) is 0.423. The maximum atomic E-state index is 15.0. The number of aryl methyl sites for hydroxylation is 1. The summed E-state index contributed by atoms with van der Waals surface area (Å²) in [6, 6.07) is 8.28. The van der Waals surface area contributed by atoms with Crippen LogP contribution in [0, 0.1) is 30.2 Å². The Morgan fingerprint density at radius 1 is 0.649 bits per heavy atom. The molecular formula is C52H60F4N14O6S. The minimum atomic E-state index is -4.11. The number of H-pyrrole nitrogens is 1. The number of carbonyl (C=O) groups excluding carboxylic acids is 2. The van der Waals surface area contributed by atoms with Gasteiger partial charge in [-0.2, -0.15) is 0 Å². The molecule has 4 atom stereocenters. The molecule has 0 radical (unpaired) electrons. The number of nitrogens with zero attached hydrogens (tertiary/aromatic N) is 9. The lowest BCUT2D eigenvalue weighted by atomic mass is 9.91. The number of hydrogen-bond donors (Lipinski definition) is 5. The van der Waals surface area contributed by atoms with Crippen LogP contribution in [-0.4, -0.2) is 146 Å². The van der Waals surface area contributed by atoms with Crippen LogP contribution >= 0.6 is 0 Å². The number of pyridine rings is 2. The summed E-state index contributed by atoms with van der Waals surface area (Å²) >= 11 is 0. The Labute approximate surface area is 441 Å². The molecule has 2 aliphatic heterocycles. The fourth-order valence-corrected chi connectivity index (χ4v) is 11.3. The van der Waals surface area contributed by atoms with Crippen LogP contribution in [0.1, 0.15) is 64.4 Å². The van der Waals surface area contributed by atoms with Gasteiger partial charge in [-0.3, -0.25) is 0 Å². The van der Waals surface area contributed by atoms with E-state index in [2.05, 4.69) is 56.2 Å². The summed E-state index contributed by atoms with van der Waals surface area (Å²) in [6.45, 7) is 6.22. The number of halogens is 4. The highest BCUT2D eigenvalue weighted by molar-refractivity contribution is 7.90. The van der Waals surface area contributed by atoms with Gasteiger partial charge < -0.3 is 45.5 Å². The third kappa shape index (κ3) is 12.5. The number of benzene rings is 1. The fourth-order valence-electron chi connectivity index (χ4n) is 9.95. The van der Waals surface area contributed by atoms with Gasteiger partial charge in [0.2, 0.25) is 0 Å². The highest BCUT2D eigenvalue weighted by Crippen LogP contribution is 2.33. The zero-order valence-electron chi connectivity index (χ0n) is 41.4. The van der Waals surface area contributed by atoms with Crippen molar-refractivity contribution in [1.82, 2.24) is 59.3 Å². The number of morpholine rings is 2. The van der Waals surface area contributed by atoms with Gasteiger partial charge in [-0.25, -0.2) is 69.4 Å². The number of aromatic nitrogens is 8. The molecule has 1 aromatic carbocycles. The minimum absolute atomic E-state index is 0. The average Bonchev–Trinajstić information content (AvgIpc) is 4.12. The predicted octanol–water partition coefficient (Wildman–Crippen LogP) is 7.78. The molecule has 4 fully saturated rings. The summed E-state index contributed by atoms with van der Waals surface area (Å²) in [7, 11) is -4.11. The minimum Gasteiger partial charge on any atom is -0.378 e. The van der Waals surface area contributed by atoms with Gasteiger partial charge in [-0.15, -0.1) is 0 Å². The van der Waals surface area contributed by atoms with Gasteiger partial charge in [0, 0.05) is 84.6 Å². The second kappa shape index (κ2) is 23.8. The second-order valence-electron chi connectivity index (χ2n) is 19.2. The summed E-state index contributed by atoms with van der Waals surface area (Å²) in [4.78, 5) is 56.7. The predicted molar refractivity (Wildman–Crippen MR) is 279 cm³/mol. The van der Waals surface area contributed by atoms with Crippen molar-refractivity contribution in [2.45, 2.75) is 94.8 Å². The van der Waals surface area contributed by atoms with Gasteiger partial charge in [0.1, 0.15) is 17.3 Å². The van der Waals surface area contributed by atoms with Crippen molar-refractivity contribution in [3.05, 3.63) is 102 Å². The Bertz CT molecular complexity index is 3340. The van der Waals surface area contributed by atoms with E-state index in [1.54, 1.807) is 28.1 Å². The first-order chi connectivity index (χ1) is 36.7. The highest BCUT2D eigenvalue weighted by Gasteiger charge is 2.30. The van der Waals surface area contributed by atoms with E-state index in [0.717, 1.165) is 78.9 Å². The van der Waals surface area contributed by atoms with E-state index in [0.29, 0.717) is 82.0 Å². The molecule has 5 N–H and O–H groups in total. The number of fused-ring (bicyclic) bond motifs is 2. The first-order valence-electron chi connectivity index (χ1n) is 25.2. The van der Waals surface area contributed by atoms with Crippen LogP contribution in [0.25, 0.3) is 44.8 Å². The molecule has 8 heterocycles. The maximum absolute atomic E-state index is 15.0. The highest BCUT2D eigenvalue weighted by atomic mass is 32.2. The molecule has 2 saturated heterocycles. The molecule has 7 aromatic rings. The summed E-state index contributed by atoms with van der Waals surface area (Å²) in [5.74, 6) is -2.11. The number of ether oxygens (including phenoxy) is 2. The number of anilines is 2. The second-order valence-corrected chi connectivity index (χ2v) is 21.0. The van der Waals surface area contributed by atoms with Crippen LogP contribution < -0.4 is 21.3 Å². The number of nitrogens with one attached hydrogen (secondary N) is 5. The van der Waals surface area contributed by atoms with Gasteiger partial charge in [0.05, 0.1) is 56.1 Å². The molecule has 2 unspecified atom stereocenters. The lowest BCUT2D eigenvalue weighted by Crippen LogP contribution is -2.51. The summed E-state index contributed by atoms with van der Waals surface area (Å²) in [5, 5.41) is 13.2. The smallest absolute Gasteiger partial charge is 0.317 e. The lowest BCUT2D eigenvalue weighted by molar-refractivity contribution is 0.0521. The summed E-state index contributed by atoms with van der Waals surface area (Å²) in [6.07, 6.45) is 13.3. The van der Waals surface area contributed by atoms with Crippen molar-refractivity contribution in [2.75, 3.05) is 63.2 Å². The molecule has 2 saturated carbocycles. The van der Waals surface area contributed by atoms with Crippen molar-refractivity contribution in [3.63, 3.8) is 0 Å². The standard InChI is InChI=1S/C29H31F2N7O4S.C22H25F2N7O2.CH4/c1-18-5-7-22(8-6-18)43(40,41)38-17-24(23-13-19(30)15-33-28(23)38)26-32-16-25(31)27(36-26)34-20-3-2-4-21(14-20)35-29(39)37-9-11-42-12-10-37;23-13-8-16-17(11-26-19(16)25-10-13)20-27-12-18(24)21(30-20)28-14-2-1-3-15(9-14)29-22(32)31-4-6-33-7-5-31;/h5-8,13,15-17,20-21H,2-4,9-12,14H2,1H3,(H,35,39)(H,32,34,36);8,10-12,14-15H,1-7,9H2,(H,25,26)(H,29,32)(H,27,28,30);1H4/t20?,21-;14?,15-;/m11./s1. The van der Waals surface area contributed by atoms with Crippen molar-refractivity contribution in [1.29, 1.82) is 0 Å². The Morgan fingerprint density at radius 3 is 1.69 bits per heavy atom. The van der Waals surface area contributed by atoms with Crippen LogP contribution in [-0.2, 0) is 19.5 Å². The quantitative estimate of drug-likeness (QED) is 0.0823. The molecule has 408 valence electrons. The third-order valence-corrected chi connectivity index (χ3v) is 15.6. The topological polar surface area (TPSA) is 239 Å². The monoisotopic (exact) mass is 1080 g/mol. The number of urea groups is 2. The lowest BCUT2D eigenvalue weighted by Gasteiger charge is -2.33. The molecule has 0 bridgehead atoms. The van der Waals surface area contributed by atoms with E-state index in [9.17, 15) is 35.6 Å². The van der Waals surface area contributed by atoms with Crippen LogP contribution in [0.4, 0.5) is 38.8 Å². The van der Waals surface area contributed by atoms with E-state index in [1.807, 2.05) is 6.92 Å². The Morgan fingerprint density at radius 2 is 1.14 bits per heavy atom. The van der Waals surface area contributed by atoms with Crippen molar-refractivity contribution >= 4 is 55.8 Å². The molecule has 20 nitrogen and oxygen atoms in total. The first-order valence-corrected chi connectivity index (χ1v) is 26.7. The zero-order valence-corrected chi connectivity index (χ0v) is 42.3. The molecule has 77 heavy (non-hydrogen) atoms. The van der Waals surface area contributed by atoms with Gasteiger partial charge in [-0.1, -0.05) is 25.1 Å². The van der Waals surface area contributed by atoms with Gasteiger partial charge in [0.15, 0.2) is 40.6 Å². The first kappa shape index (κ1) is 54.3. The summed E-state index contributed by atoms with van der Waals surface area (Å²) < 4.78 is 96.2. The van der Waals surface area contributed by atoms with Crippen LogP contribution in [0.5, 0.6) is 0 Å². The van der Waals surface area contributed by atoms with Crippen molar-refractivity contribution in [2.24, 2.45) is 0 Å². The van der Waals surface area contributed by atoms with Crippen molar-refractivity contribution < 1.29 is 45.0 Å². The molecular weight excluding hydrogens is 1020 g/mol. The number of amides is 4. The summed E-state index contributed by atoms with van der Waals surface area (Å²) in [5.41, 5.74) is 2.10. The van der Waals surface area contributed by atoms with E-state index >= 15 is 0 Å². The largest absolute Gasteiger partial charge is 0.378 e. The van der Waals surface area contributed by atoms with Gasteiger partial charge in [0.25, 0.3) is 10.0 Å². The molecule has 11 rings (SSSR count). The van der Waals surface area contributed by atoms with Gasteiger partial charge >= 0.3 is 12.1 Å². The number of rotatable bonds is 10. The van der Waals surface area contributed by atoms with E-state index in [4.69, 9.17) is 9.47 Å². The van der Waals surface area contributed by atoms with Crippen molar-refractivity contribution in [3.8, 4) is 22.8 Å². The normalized spacial score (nSPS) is 19.9. The van der Waals surface area contributed by atoms with Crippen LogP contribution in [0.2, 0.25) is 0 Å².